The molecule has 4 rings (SSSR count). The van der Waals surface area contributed by atoms with E-state index in [0.717, 1.165) is 12.2 Å². The normalized spacial score (nSPS) is 16.9. The molecule has 0 aromatic heterocycles. The van der Waals surface area contributed by atoms with E-state index < -0.39 is 77.3 Å². The highest BCUT2D eigenvalue weighted by atomic mass is 16.6. The Labute approximate surface area is 471 Å². The summed E-state index contributed by atoms with van der Waals surface area (Å²) in [5, 5.41) is 0. The van der Waals surface area contributed by atoms with E-state index in [0.29, 0.717) is 89.9 Å². The van der Waals surface area contributed by atoms with Crippen LogP contribution in [0, 0.1) is 29.6 Å². The average molecular weight is 1140 g/mol. The Hall–Kier alpha value is -7.46. The number of carbonyl (C=O) groups is 10. The van der Waals surface area contributed by atoms with Crippen molar-refractivity contribution in [3.8, 4) is 23.0 Å². The van der Waals surface area contributed by atoms with Crippen LogP contribution < -0.4 is 18.9 Å². The highest BCUT2D eigenvalue weighted by Gasteiger charge is 2.35. The molecular weight excluding hydrogens is 1060 g/mol. The lowest BCUT2D eigenvalue weighted by Crippen LogP contribution is -2.30. The Morgan fingerprint density at radius 1 is 0.469 bits per heavy atom. The van der Waals surface area contributed by atoms with Crippen LogP contribution in [0.5, 0.6) is 23.0 Å². The van der Waals surface area contributed by atoms with Gasteiger partial charge in [-0.15, -0.1) is 0 Å². The summed E-state index contributed by atoms with van der Waals surface area (Å²) < 4.78 is 64.0. The minimum absolute atomic E-state index is 0.0259. The van der Waals surface area contributed by atoms with Crippen molar-refractivity contribution >= 4 is 59.7 Å². The maximum atomic E-state index is 13.6. The van der Waals surface area contributed by atoms with Crippen LogP contribution in [0.25, 0.3) is 0 Å². The standard InChI is InChI=1S/C59H76O22/c1-6-14-39(55(65)79-45-26-28-49(47(38-45)59(69)77-36-34-71-5)81-57(67)43-23-19-41(20-24-43)54(64)75-32-12-10-30-73-51(61)8-3)15-13-16-52(62)78-44-25-27-48(46(37-44)58(68)76-35-33-70-4)80-56(66)42-21-17-40(18-22-42)53(63)74-31-11-9-29-72-50(60)7-2/h7-8,25-28,37-43H,2-3,6,9-24,29-36H2,1,4-5H3. The molecule has 2 aliphatic carbocycles. The van der Waals surface area contributed by atoms with Crippen molar-refractivity contribution in [3.05, 3.63) is 72.8 Å². The van der Waals surface area contributed by atoms with Crippen molar-refractivity contribution in [2.75, 3.05) is 67.1 Å². The van der Waals surface area contributed by atoms with E-state index in [-0.39, 0.29) is 118 Å². The van der Waals surface area contributed by atoms with Crippen LogP contribution >= 0.6 is 0 Å². The van der Waals surface area contributed by atoms with Gasteiger partial charge in [0.15, 0.2) is 0 Å². The molecule has 22 nitrogen and oxygen atoms in total. The summed E-state index contributed by atoms with van der Waals surface area (Å²) in [6.45, 7) is 9.18. The van der Waals surface area contributed by atoms with Gasteiger partial charge in [0, 0.05) is 32.8 Å². The Morgan fingerprint density at radius 3 is 1.26 bits per heavy atom. The number of carbonyl (C=O) groups excluding carboxylic acids is 10. The Balaban J connectivity index is 1.30. The maximum absolute atomic E-state index is 13.6. The highest BCUT2D eigenvalue weighted by molar-refractivity contribution is 5.95. The zero-order valence-corrected chi connectivity index (χ0v) is 46.6. The zero-order chi connectivity index (χ0) is 58.9. The largest absolute Gasteiger partial charge is 0.465 e. The quantitative estimate of drug-likeness (QED) is 0.0208. The van der Waals surface area contributed by atoms with Crippen molar-refractivity contribution in [2.24, 2.45) is 29.6 Å². The lowest BCUT2D eigenvalue weighted by Gasteiger charge is -2.26. The van der Waals surface area contributed by atoms with E-state index in [1.807, 2.05) is 6.92 Å². The highest BCUT2D eigenvalue weighted by Crippen LogP contribution is 2.35. The smallest absolute Gasteiger partial charge is 0.342 e. The molecule has 2 fully saturated rings. The van der Waals surface area contributed by atoms with E-state index in [9.17, 15) is 47.9 Å². The molecule has 22 heteroatoms. The van der Waals surface area contributed by atoms with E-state index in [4.69, 9.17) is 56.8 Å². The summed E-state index contributed by atoms with van der Waals surface area (Å²) in [4.78, 5) is 128. The van der Waals surface area contributed by atoms with Gasteiger partial charge in [0.1, 0.15) is 47.3 Å². The summed E-state index contributed by atoms with van der Waals surface area (Å²) >= 11 is 0. The molecule has 1 unspecified atom stereocenters. The van der Waals surface area contributed by atoms with Gasteiger partial charge in [-0.05, 0) is 133 Å². The first kappa shape index (κ1) is 66.1. The van der Waals surface area contributed by atoms with Crippen LogP contribution in [0.15, 0.2) is 61.7 Å². The second-order valence-electron chi connectivity index (χ2n) is 19.3. The molecule has 0 heterocycles. The molecule has 444 valence electrons. The third kappa shape index (κ3) is 23.7. The van der Waals surface area contributed by atoms with Gasteiger partial charge in [0.25, 0.3) is 0 Å². The third-order valence-corrected chi connectivity index (χ3v) is 13.3. The summed E-state index contributed by atoms with van der Waals surface area (Å²) in [7, 11) is 2.86. The lowest BCUT2D eigenvalue weighted by atomic mass is 9.82. The predicted molar refractivity (Wildman–Crippen MR) is 286 cm³/mol. The Kier molecular flexibility index (Phi) is 30.0. The number of rotatable bonds is 35. The number of ether oxygens (including phenoxy) is 12. The molecule has 0 aliphatic heterocycles. The molecule has 0 radical (unpaired) electrons. The van der Waals surface area contributed by atoms with Gasteiger partial charge in [-0.3, -0.25) is 28.8 Å². The van der Waals surface area contributed by atoms with Crippen LogP contribution in [-0.2, 0) is 76.3 Å². The van der Waals surface area contributed by atoms with Gasteiger partial charge < -0.3 is 56.8 Å². The molecule has 81 heavy (non-hydrogen) atoms. The molecule has 1 atom stereocenters. The van der Waals surface area contributed by atoms with E-state index >= 15 is 0 Å². The van der Waals surface area contributed by atoms with Gasteiger partial charge in [-0.2, -0.15) is 0 Å². The fourth-order valence-corrected chi connectivity index (χ4v) is 8.80. The molecular formula is C59H76O22. The molecule has 2 aromatic carbocycles. The topological polar surface area (TPSA) is 281 Å². The first-order chi connectivity index (χ1) is 39.1. The van der Waals surface area contributed by atoms with Gasteiger partial charge in [0.2, 0.25) is 0 Å². The molecule has 0 spiro atoms. The van der Waals surface area contributed by atoms with Crippen LogP contribution in [0.2, 0.25) is 0 Å². The van der Waals surface area contributed by atoms with Crippen molar-refractivity contribution < 1.29 is 105 Å². The van der Waals surface area contributed by atoms with Gasteiger partial charge in [-0.1, -0.05) is 26.5 Å². The fraction of sp³-hybridized carbons (Fsp3) is 0.559. The third-order valence-electron chi connectivity index (χ3n) is 13.3. The maximum Gasteiger partial charge on any atom is 0.342 e. The second-order valence-corrected chi connectivity index (χ2v) is 19.3. The second kappa shape index (κ2) is 36.7. The molecule has 0 bridgehead atoms. The Bertz CT molecular complexity index is 2450. The van der Waals surface area contributed by atoms with E-state index in [1.165, 1.54) is 50.6 Å². The van der Waals surface area contributed by atoms with E-state index in [2.05, 4.69) is 13.2 Å². The van der Waals surface area contributed by atoms with Gasteiger partial charge in [-0.25, -0.2) is 19.2 Å². The van der Waals surface area contributed by atoms with Gasteiger partial charge in [0.05, 0.1) is 69.2 Å². The molecule has 2 saturated carbocycles. The molecule has 0 amide bonds. The Morgan fingerprint density at radius 2 is 0.864 bits per heavy atom. The zero-order valence-electron chi connectivity index (χ0n) is 46.6. The average Bonchev–Trinajstić information content (AvgIpc) is 3.48. The summed E-state index contributed by atoms with van der Waals surface area (Å²) in [5.74, 6) is -8.99. The minimum atomic E-state index is -0.864. The summed E-state index contributed by atoms with van der Waals surface area (Å²) in [6.07, 6.45) is 8.34. The van der Waals surface area contributed by atoms with Crippen molar-refractivity contribution in [1.29, 1.82) is 0 Å². The summed E-state index contributed by atoms with van der Waals surface area (Å²) in [6, 6.07) is 7.85. The predicted octanol–water partition coefficient (Wildman–Crippen LogP) is 7.92. The fourth-order valence-electron chi connectivity index (χ4n) is 8.80. The molecule has 2 aliphatic rings. The molecule has 0 N–H and O–H groups in total. The van der Waals surface area contributed by atoms with E-state index in [1.54, 1.807) is 0 Å². The number of benzene rings is 2. The number of hydrogen-bond donors (Lipinski definition) is 0. The molecule has 2 aromatic rings. The lowest BCUT2D eigenvalue weighted by molar-refractivity contribution is -0.152. The molecule has 0 saturated heterocycles. The number of methoxy groups -OCH3 is 2. The first-order valence-corrected chi connectivity index (χ1v) is 27.5. The van der Waals surface area contributed by atoms with Crippen LogP contribution in [-0.4, -0.2) is 127 Å². The number of hydrogen-bond acceptors (Lipinski definition) is 22. The van der Waals surface area contributed by atoms with Crippen molar-refractivity contribution in [2.45, 2.75) is 116 Å². The monoisotopic (exact) mass is 1140 g/mol. The summed E-state index contributed by atoms with van der Waals surface area (Å²) in [5.41, 5.74) is -0.358. The van der Waals surface area contributed by atoms with Crippen molar-refractivity contribution in [1.82, 2.24) is 0 Å². The van der Waals surface area contributed by atoms with Crippen LogP contribution in [0.3, 0.4) is 0 Å². The van der Waals surface area contributed by atoms with Crippen LogP contribution in [0.4, 0.5) is 0 Å². The van der Waals surface area contributed by atoms with Gasteiger partial charge >= 0.3 is 59.7 Å². The minimum Gasteiger partial charge on any atom is -0.465 e. The number of esters is 10. The van der Waals surface area contributed by atoms with Crippen LogP contribution in [0.1, 0.15) is 137 Å². The SMILES string of the molecule is C=CC(=O)OCCCCOC(=O)C1CCC(C(=O)Oc2ccc(OC(=O)CCCC(CCC)C(=O)Oc3ccc(OC(=O)C4CCC(C(=O)OCCCCOC(=O)C=C)CC4)c(C(=O)OCCOC)c3)cc2C(=O)OCCOC)CC1. The number of unbranched alkanes of at least 4 members (excludes halogenated alkanes) is 2. The first-order valence-electron chi connectivity index (χ1n) is 27.5. The van der Waals surface area contributed by atoms with Crippen molar-refractivity contribution in [3.63, 3.8) is 0 Å².